The highest BCUT2D eigenvalue weighted by Crippen LogP contribution is 2.24. The third-order valence-corrected chi connectivity index (χ3v) is 3.99. The van der Waals surface area contributed by atoms with E-state index in [0.717, 1.165) is 54.9 Å². The van der Waals surface area contributed by atoms with Crippen molar-refractivity contribution in [1.82, 2.24) is 20.2 Å². The Bertz CT molecular complexity index is 658. The average Bonchev–Trinajstić information content (AvgIpc) is 2.83. The number of aryl methyl sites for hydroxylation is 2. The highest BCUT2D eigenvalue weighted by molar-refractivity contribution is 5.85. The molecule has 0 amide bonds. The van der Waals surface area contributed by atoms with Crippen LogP contribution in [0.15, 0.2) is 12.1 Å². The lowest BCUT2D eigenvalue weighted by Crippen LogP contribution is -2.48. The Labute approximate surface area is 142 Å². The lowest BCUT2D eigenvalue weighted by Gasteiger charge is -2.36. The van der Waals surface area contributed by atoms with E-state index in [1.807, 2.05) is 26.0 Å². The van der Waals surface area contributed by atoms with Gasteiger partial charge in [-0.15, -0.1) is 12.4 Å². The first-order valence-corrected chi connectivity index (χ1v) is 7.60. The van der Waals surface area contributed by atoms with Crippen LogP contribution in [0.1, 0.15) is 31.2 Å². The summed E-state index contributed by atoms with van der Waals surface area (Å²) in [5, 5.41) is 10.3. The van der Waals surface area contributed by atoms with Crippen molar-refractivity contribution in [3.8, 4) is 0 Å². The highest BCUT2D eigenvalue weighted by atomic mass is 35.5. The van der Waals surface area contributed by atoms with Crippen LogP contribution >= 0.6 is 12.4 Å². The number of anilines is 3. The minimum absolute atomic E-state index is 0. The van der Waals surface area contributed by atoms with Crippen molar-refractivity contribution in [3.05, 3.63) is 23.5 Å². The van der Waals surface area contributed by atoms with Crippen LogP contribution < -0.4 is 16.0 Å². The Kier molecular flexibility index (Phi) is 5.11. The number of rotatable bonds is 3. The second kappa shape index (κ2) is 6.72. The lowest BCUT2D eigenvalue weighted by atomic mass is 9.91. The van der Waals surface area contributed by atoms with Gasteiger partial charge in [0.2, 0.25) is 5.95 Å². The lowest BCUT2D eigenvalue weighted by molar-refractivity contribution is 0.362. The molecule has 1 aliphatic rings. The van der Waals surface area contributed by atoms with E-state index in [1.54, 1.807) is 0 Å². The van der Waals surface area contributed by atoms with Crippen LogP contribution in [0.5, 0.6) is 0 Å². The van der Waals surface area contributed by atoms with Crippen molar-refractivity contribution in [1.29, 1.82) is 0 Å². The Morgan fingerprint density at radius 2 is 1.87 bits per heavy atom. The van der Waals surface area contributed by atoms with Crippen LogP contribution in [-0.2, 0) is 0 Å². The molecule has 8 heteroatoms. The molecular formula is C15H24ClN7. The van der Waals surface area contributed by atoms with Gasteiger partial charge in [-0.3, -0.25) is 5.10 Å². The summed E-state index contributed by atoms with van der Waals surface area (Å²) in [4.78, 5) is 11.4. The average molecular weight is 338 g/mol. The molecular weight excluding hydrogens is 314 g/mol. The topological polar surface area (TPSA) is 95.8 Å². The van der Waals surface area contributed by atoms with E-state index in [9.17, 15) is 0 Å². The predicted octanol–water partition coefficient (Wildman–Crippen LogP) is 2.30. The third kappa shape index (κ3) is 4.33. The second-order valence-corrected chi connectivity index (χ2v) is 6.40. The van der Waals surface area contributed by atoms with Crippen molar-refractivity contribution in [3.63, 3.8) is 0 Å². The Balaban J connectivity index is 0.00000192. The smallest absolute Gasteiger partial charge is 0.227 e. The van der Waals surface area contributed by atoms with Crippen molar-refractivity contribution in [2.24, 2.45) is 5.73 Å². The molecule has 1 aliphatic heterocycles. The standard InChI is InChI=1S/C15H23N7.ClH/c1-10-8-12(18-13-9-11(2)20-21-13)19-14(17-10)22-6-4-15(3,16)5-7-22;/h8-9H,4-7,16H2,1-3H3,(H2,17,18,19,20,21);1H. The van der Waals surface area contributed by atoms with Crippen molar-refractivity contribution in [2.45, 2.75) is 39.2 Å². The molecule has 7 nitrogen and oxygen atoms in total. The monoisotopic (exact) mass is 337 g/mol. The molecule has 4 N–H and O–H groups in total. The van der Waals surface area contributed by atoms with E-state index < -0.39 is 0 Å². The zero-order valence-electron chi connectivity index (χ0n) is 13.8. The Morgan fingerprint density at radius 1 is 1.17 bits per heavy atom. The van der Waals surface area contributed by atoms with Crippen molar-refractivity contribution < 1.29 is 0 Å². The maximum atomic E-state index is 6.19. The molecule has 0 atom stereocenters. The molecule has 23 heavy (non-hydrogen) atoms. The molecule has 1 saturated heterocycles. The van der Waals surface area contributed by atoms with Crippen LogP contribution in [0.4, 0.5) is 17.6 Å². The normalized spacial score (nSPS) is 16.8. The molecule has 0 bridgehead atoms. The predicted molar refractivity (Wildman–Crippen MR) is 94.7 cm³/mol. The number of aromatic amines is 1. The van der Waals surface area contributed by atoms with E-state index in [-0.39, 0.29) is 17.9 Å². The first-order chi connectivity index (χ1) is 10.4. The van der Waals surface area contributed by atoms with Gasteiger partial charge in [0.1, 0.15) is 5.82 Å². The van der Waals surface area contributed by atoms with Gasteiger partial charge < -0.3 is 16.0 Å². The van der Waals surface area contributed by atoms with E-state index >= 15 is 0 Å². The summed E-state index contributed by atoms with van der Waals surface area (Å²) < 4.78 is 0. The molecule has 1 fully saturated rings. The molecule has 3 heterocycles. The Hall–Kier alpha value is -1.86. The highest BCUT2D eigenvalue weighted by Gasteiger charge is 2.27. The first kappa shape index (κ1) is 17.5. The van der Waals surface area contributed by atoms with Crippen molar-refractivity contribution in [2.75, 3.05) is 23.3 Å². The largest absolute Gasteiger partial charge is 0.341 e. The molecule has 2 aromatic rings. The molecule has 0 aliphatic carbocycles. The van der Waals surface area contributed by atoms with Crippen molar-refractivity contribution >= 4 is 30.0 Å². The number of halogens is 1. The van der Waals surface area contributed by atoms with Gasteiger partial charge in [0.15, 0.2) is 5.82 Å². The molecule has 3 rings (SSSR count). The summed E-state index contributed by atoms with van der Waals surface area (Å²) in [6, 6.07) is 3.86. The summed E-state index contributed by atoms with van der Waals surface area (Å²) in [7, 11) is 0. The minimum Gasteiger partial charge on any atom is -0.341 e. The summed E-state index contributed by atoms with van der Waals surface area (Å²) in [5.74, 6) is 2.27. The maximum absolute atomic E-state index is 6.19. The number of nitrogens with zero attached hydrogens (tertiary/aromatic N) is 4. The zero-order valence-corrected chi connectivity index (χ0v) is 14.6. The first-order valence-electron chi connectivity index (χ1n) is 7.60. The molecule has 0 aromatic carbocycles. The van der Waals surface area contributed by atoms with Gasteiger partial charge in [-0.1, -0.05) is 0 Å². The fourth-order valence-electron chi connectivity index (χ4n) is 2.59. The summed E-state index contributed by atoms with van der Waals surface area (Å²) in [6.45, 7) is 7.82. The van der Waals surface area contributed by atoms with Gasteiger partial charge in [-0.05, 0) is 33.6 Å². The molecule has 2 aromatic heterocycles. The summed E-state index contributed by atoms with van der Waals surface area (Å²) >= 11 is 0. The van der Waals surface area contributed by atoms with E-state index in [1.165, 1.54) is 0 Å². The Morgan fingerprint density at radius 3 is 2.48 bits per heavy atom. The minimum atomic E-state index is -0.0754. The number of nitrogens with one attached hydrogen (secondary N) is 2. The van der Waals surface area contributed by atoms with Gasteiger partial charge in [0.25, 0.3) is 0 Å². The third-order valence-electron chi connectivity index (χ3n) is 3.99. The fourth-order valence-corrected chi connectivity index (χ4v) is 2.59. The molecule has 126 valence electrons. The number of aromatic nitrogens is 4. The van der Waals surface area contributed by atoms with Crippen LogP contribution in [0.25, 0.3) is 0 Å². The van der Waals surface area contributed by atoms with E-state index in [0.29, 0.717) is 0 Å². The molecule has 0 unspecified atom stereocenters. The number of H-pyrrole nitrogens is 1. The quantitative estimate of drug-likeness (QED) is 0.795. The SMILES string of the molecule is Cc1cc(Nc2cc(C)[nH]n2)nc(N2CCC(C)(N)CC2)n1.Cl. The van der Waals surface area contributed by atoms with Gasteiger partial charge in [-0.2, -0.15) is 10.1 Å². The van der Waals surface area contributed by atoms with Gasteiger partial charge in [-0.25, -0.2) is 4.98 Å². The van der Waals surface area contributed by atoms with Crippen LogP contribution in [0, 0.1) is 13.8 Å². The molecule has 0 saturated carbocycles. The van der Waals surface area contributed by atoms with Gasteiger partial charge in [0, 0.05) is 42.1 Å². The van der Waals surface area contributed by atoms with Crippen LogP contribution in [0.3, 0.4) is 0 Å². The van der Waals surface area contributed by atoms with E-state index in [4.69, 9.17) is 5.73 Å². The van der Waals surface area contributed by atoms with Crippen LogP contribution in [-0.4, -0.2) is 38.8 Å². The van der Waals surface area contributed by atoms with Gasteiger partial charge >= 0.3 is 0 Å². The number of piperidine rings is 1. The summed E-state index contributed by atoms with van der Waals surface area (Å²) in [6.07, 6.45) is 1.90. The number of hydrogen-bond acceptors (Lipinski definition) is 6. The maximum Gasteiger partial charge on any atom is 0.227 e. The molecule has 0 spiro atoms. The molecule has 0 radical (unpaired) electrons. The fraction of sp³-hybridized carbons (Fsp3) is 0.533. The van der Waals surface area contributed by atoms with Crippen LogP contribution in [0.2, 0.25) is 0 Å². The van der Waals surface area contributed by atoms with E-state index in [2.05, 4.69) is 37.3 Å². The van der Waals surface area contributed by atoms with Gasteiger partial charge in [0.05, 0.1) is 0 Å². The number of nitrogens with two attached hydrogens (primary N) is 1. The summed E-state index contributed by atoms with van der Waals surface area (Å²) in [5.41, 5.74) is 8.05. The number of hydrogen-bond donors (Lipinski definition) is 3. The second-order valence-electron chi connectivity index (χ2n) is 6.40. The zero-order chi connectivity index (χ0) is 15.7.